The number of aromatic nitrogens is 1. The summed E-state index contributed by atoms with van der Waals surface area (Å²) in [6.07, 6.45) is 2.07. The van der Waals surface area contributed by atoms with Gasteiger partial charge in [-0.2, -0.15) is 5.26 Å². The summed E-state index contributed by atoms with van der Waals surface area (Å²) in [4.78, 5) is 12.6. The zero-order valence-electron chi connectivity index (χ0n) is 13.0. The van der Waals surface area contributed by atoms with Crippen molar-refractivity contribution in [3.05, 3.63) is 52.3 Å². The molecule has 0 N–H and O–H groups in total. The van der Waals surface area contributed by atoms with Gasteiger partial charge in [0.25, 0.3) is 5.56 Å². The maximum absolute atomic E-state index is 12.6. The van der Waals surface area contributed by atoms with Gasteiger partial charge >= 0.3 is 0 Å². The number of rotatable bonds is 6. The Bertz CT molecular complexity index is 741. The van der Waals surface area contributed by atoms with Crippen molar-refractivity contribution in [3.63, 3.8) is 0 Å². The van der Waals surface area contributed by atoms with Gasteiger partial charge in [-0.05, 0) is 24.6 Å². The number of hydrogen-bond acceptors (Lipinski definition) is 3. The van der Waals surface area contributed by atoms with Crippen molar-refractivity contribution in [1.82, 2.24) is 4.57 Å². The van der Waals surface area contributed by atoms with Crippen molar-refractivity contribution in [3.8, 4) is 23.1 Å². The largest absolute Gasteiger partial charge is 0.497 e. The van der Waals surface area contributed by atoms with Crippen LogP contribution in [0.2, 0.25) is 0 Å². The first kappa shape index (κ1) is 15.8. The number of hydrogen-bond donors (Lipinski definition) is 0. The Balaban J connectivity index is 2.56. The third-order valence-corrected chi connectivity index (χ3v) is 3.62. The van der Waals surface area contributed by atoms with Gasteiger partial charge in [0.1, 0.15) is 5.75 Å². The van der Waals surface area contributed by atoms with Crippen LogP contribution in [0.5, 0.6) is 5.75 Å². The molecule has 0 spiro atoms. The summed E-state index contributed by atoms with van der Waals surface area (Å²) in [5, 5.41) is 8.85. The second kappa shape index (κ2) is 7.46. The molecule has 114 valence electrons. The molecule has 0 bridgehead atoms. The molecule has 2 rings (SSSR count). The number of pyridine rings is 1. The van der Waals surface area contributed by atoms with E-state index >= 15 is 0 Å². The van der Waals surface area contributed by atoms with E-state index in [1.165, 1.54) is 0 Å². The van der Waals surface area contributed by atoms with Gasteiger partial charge in [-0.1, -0.05) is 31.5 Å². The van der Waals surface area contributed by atoms with Crippen LogP contribution < -0.4 is 10.3 Å². The van der Waals surface area contributed by atoms with Gasteiger partial charge in [-0.15, -0.1) is 0 Å². The predicted octanol–water partition coefficient (Wildman–Crippen LogP) is 3.39. The van der Waals surface area contributed by atoms with E-state index in [-0.39, 0.29) is 12.0 Å². The summed E-state index contributed by atoms with van der Waals surface area (Å²) < 4.78 is 7.03. The Morgan fingerprint density at radius 1 is 1.27 bits per heavy atom. The van der Waals surface area contributed by atoms with Crippen LogP contribution in [0, 0.1) is 11.3 Å². The van der Waals surface area contributed by atoms with Crippen molar-refractivity contribution in [2.75, 3.05) is 7.11 Å². The first-order valence-electron chi connectivity index (χ1n) is 7.45. The normalized spacial score (nSPS) is 10.2. The number of unbranched alkanes of at least 4 members (excludes halogenated alkanes) is 1. The fourth-order valence-corrected chi connectivity index (χ4v) is 2.42. The number of benzene rings is 1. The van der Waals surface area contributed by atoms with E-state index in [0.717, 1.165) is 29.8 Å². The average Bonchev–Trinajstić information content (AvgIpc) is 2.55. The summed E-state index contributed by atoms with van der Waals surface area (Å²) in [6.45, 7) is 2.75. The second-order valence-electron chi connectivity index (χ2n) is 5.12. The topological polar surface area (TPSA) is 55.0 Å². The first-order chi connectivity index (χ1) is 10.7. The lowest BCUT2D eigenvalue weighted by molar-refractivity contribution is 0.415. The first-order valence-corrected chi connectivity index (χ1v) is 7.45. The molecule has 2 aromatic rings. The van der Waals surface area contributed by atoms with Gasteiger partial charge in [0.2, 0.25) is 0 Å². The molecule has 0 unspecified atom stereocenters. The van der Waals surface area contributed by atoms with Gasteiger partial charge in [-0.3, -0.25) is 4.79 Å². The molecule has 0 amide bonds. The third kappa shape index (κ3) is 3.37. The number of methoxy groups -OCH3 is 1. The third-order valence-electron chi connectivity index (χ3n) is 3.62. The highest BCUT2D eigenvalue weighted by atomic mass is 16.5. The molecular formula is C18H20N2O2. The average molecular weight is 296 g/mol. The van der Waals surface area contributed by atoms with E-state index < -0.39 is 0 Å². The monoisotopic (exact) mass is 296 g/mol. The SMILES string of the molecule is CCCCn1c(-c2cccc(OC)c2)ccc(CC#N)c1=O. The van der Waals surface area contributed by atoms with Crippen LogP contribution in [0.4, 0.5) is 0 Å². The molecule has 1 heterocycles. The molecule has 0 fully saturated rings. The molecule has 0 atom stereocenters. The highest BCUT2D eigenvalue weighted by molar-refractivity contribution is 5.62. The van der Waals surface area contributed by atoms with Gasteiger partial charge in [-0.25, -0.2) is 0 Å². The molecule has 4 heteroatoms. The van der Waals surface area contributed by atoms with E-state index in [2.05, 4.69) is 13.0 Å². The number of nitrogens with zero attached hydrogens (tertiary/aromatic N) is 2. The van der Waals surface area contributed by atoms with Crippen LogP contribution >= 0.6 is 0 Å². The number of nitriles is 1. The van der Waals surface area contributed by atoms with E-state index in [1.54, 1.807) is 17.7 Å². The Morgan fingerprint density at radius 3 is 2.77 bits per heavy atom. The summed E-state index contributed by atoms with van der Waals surface area (Å²) >= 11 is 0. The van der Waals surface area contributed by atoms with Crippen LogP contribution in [0.3, 0.4) is 0 Å². The summed E-state index contributed by atoms with van der Waals surface area (Å²) in [6, 6.07) is 13.4. The summed E-state index contributed by atoms with van der Waals surface area (Å²) in [7, 11) is 1.62. The standard InChI is InChI=1S/C18H20N2O2/c1-3-4-12-20-17(9-8-14(10-11-19)18(20)21)15-6-5-7-16(13-15)22-2/h5-9,13H,3-4,10,12H2,1-2H3. The highest BCUT2D eigenvalue weighted by Gasteiger charge is 2.10. The fourth-order valence-electron chi connectivity index (χ4n) is 2.42. The molecule has 0 aliphatic heterocycles. The minimum absolute atomic E-state index is 0.0738. The predicted molar refractivity (Wildman–Crippen MR) is 86.9 cm³/mol. The quantitative estimate of drug-likeness (QED) is 0.821. The summed E-state index contributed by atoms with van der Waals surface area (Å²) in [5.41, 5.74) is 2.27. The van der Waals surface area contributed by atoms with E-state index in [9.17, 15) is 4.79 Å². The van der Waals surface area contributed by atoms with Crippen molar-refractivity contribution in [2.45, 2.75) is 32.7 Å². The Hall–Kier alpha value is -2.54. The lowest BCUT2D eigenvalue weighted by Crippen LogP contribution is -2.25. The molecule has 1 aromatic heterocycles. The lowest BCUT2D eigenvalue weighted by atomic mass is 10.1. The van der Waals surface area contributed by atoms with Gasteiger partial charge < -0.3 is 9.30 Å². The van der Waals surface area contributed by atoms with Gasteiger partial charge in [0.05, 0.1) is 25.3 Å². The van der Waals surface area contributed by atoms with Crippen LogP contribution in [0.1, 0.15) is 25.3 Å². The maximum atomic E-state index is 12.6. The lowest BCUT2D eigenvalue weighted by Gasteiger charge is -2.14. The highest BCUT2D eigenvalue weighted by Crippen LogP contribution is 2.23. The van der Waals surface area contributed by atoms with Crippen LogP contribution in [-0.4, -0.2) is 11.7 Å². The van der Waals surface area contributed by atoms with Crippen LogP contribution in [0.25, 0.3) is 11.3 Å². The van der Waals surface area contributed by atoms with Crippen LogP contribution in [0.15, 0.2) is 41.2 Å². The molecule has 0 radical (unpaired) electrons. The summed E-state index contributed by atoms with van der Waals surface area (Å²) in [5.74, 6) is 0.757. The molecule has 0 aliphatic rings. The van der Waals surface area contributed by atoms with Gasteiger partial charge in [0.15, 0.2) is 0 Å². The van der Waals surface area contributed by atoms with E-state index in [1.807, 2.05) is 30.3 Å². The van der Waals surface area contributed by atoms with Crippen LogP contribution in [-0.2, 0) is 13.0 Å². The van der Waals surface area contributed by atoms with Crippen molar-refractivity contribution < 1.29 is 4.74 Å². The van der Waals surface area contributed by atoms with E-state index in [4.69, 9.17) is 10.00 Å². The Kier molecular flexibility index (Phi) is 5.37. The van der Waals surface area contributed by atoms with Gasteiger partial charge in [0, 0.05) is 17.7 Å². The molecule has 0 saturated carbocycles. The molecular weight excluding hydrogens is 276 g/mol. The zero-order chi connectivity index (χ0) is 15.9. The minimum Gasteiger partial charge on any atom is -0.497 e. The smallest absolute Gasteiger partial charge is 0.255 e. The van der Waals surface area contributed by atoms with Crippen molar-refractivity contribution in [2.24, 2.45) is 0 Å². The second-order valence-corrected chi connectivity index (χ2v) is 5.12. The molecule has 22 heavy (non-hydrogen) atoms. The maximum Gasteiger partial charge on any atom is 0.255 e. The molecule has 0 aliphatic carbocycles. The van der Waals surface area contributed by atoms with E-state index in [0.29, 0.717) is 12.1 Å². The number of ether oxygens (including phenoxy) is 1. The Labute approximate surface area is 130 Å². The van der Waals surface area contributed by atoms with Crippen molar-refractivity contribution in [1.29, 1.82) is 5.26 Å². The molecule has 1 aromatic carbocycles. The molecule has 4 nitrogen and oxygen atoms in total. The zero-order valence-corrected chi connectivity index (χ0v) is 13.0. The van der Waals surface area contributed by atoms with Crippen molar-refractivity contribution >= 4 is 0 Å². The minimum atomic E-state index is -0.0738. The fraction of sp³-hybridized carbons (Fsp3) is 0.333. The Morgan fingerprint density at radius 2 is 2.09 bits per heavy atom. The molecule has 0 saturated heterocycles.